The largest absolute Gasteiger partial charge is 0.394 e. The number of aliphatic hydroxyl groups excluding tert-OH is 7. The fourth-order valence-electron chi connectivity index (χ4n) is 10.1. The van der Waals surface area contributed by atoms with Crippen LogP contribution in [0.3, 0.4) is 0 Å². The maximum absolute atomic E-state index is 13.0. The lowest BCUT2D eigenvalue weighted by Crippen LogP contribution is -2.64. The highest BCUT2D eigenvalue weighted by Crippen LogP contribution is 2.37. The summed E-state index contributed by atoms with van der Waals surface area (Å²) in [6.45, 7) is 19.8. The molecule has 0 bridgehead atoms. The number of aromatic nitrogens is 2. The van der Waals surface area contributed by atoms with Gasteiger partial charge < -0.3 is 60.6 Å². The van der Waals surface area contributed by atoms with Crippen LogP contribution in [0.2, 0.25) is 0 Å². The van der Waals surface area contributed by atoms with E-state index in [1.54, 1.807) is 33.8 Å². The van der Waals surface area contributed by atoms with Crippen LogP contribution in [0.15, 0.2) is 65.3 Å². The minimum Gasteiger partial charge on any atom is -0.394 e. The second-order valence-electron chi connectivity index (χ2n) is 26.3. The Morgan fingerprint density at radius 3 is 1.58 bits per heavy atom. The van der Waals surface area contributed by atoms with Crippen molar-refractivity contribution in [2.45, 2.75) is 188 Å². The van der Waals surface area contributed by atoms with Crippen molar-refractivity contribution in [2.75, 3.05) is 30.4 Å². The number of rotatable bonds is 24. The van der Waals surface area contributed by atoms with Crippen molar-refractivity contribution in [1.29, 1.82) is 0 Å². The molecule has 0 amide bonds. The minimum atomic E-state index is -1.67. The second-order valence-corrected chi connectivity index (χ2v) is 26.3. The van der Waals surface area contributed by atoms with Gasteiger partial charge in [0.1, 0.15) is 65.7 Å². The molecule has 0 radical (unpaired) electrons. The maximum atomic E-state index is 13.0. The van der Waals surface area contributed by atoms with Crippen LogP contribution in [0.5, 0.6) is 0 Å². The van der Waals surface area contributed by atoms with Crippen LogP contribution >= 0.6 is 0 Å². The number of ketones is 1. The van der Waals surface area contributed by atoms with Gasteiger partial charge in [-0.2, -0.15) is 0 Å². The summed E-state index contributed by atoms with van der Waals surface area (Å²) in [7, 11) is 0. The van der Waals surface area contributed by atoms with E-state index in [1.807, 2.05) is 48.5 Å². The molecule has 2 aliphatic heterocycles. The Labute approximate surface area is 553 Å². The summed E-state index contributed by atoms with van der Waals surface area (Å²) in [5.74, 6) is -0.223. The Bertz CT molecular complexity index is 3590. The van der Waals surface area contributed by atoms with Gasteiger partial charge in [0.15, 0.2) is 12.1 Å². The van der Waals surface area contributed by atoms with Crippen molar-refractivity contribution in [2.24, 2.45) is 16.2 Å². The monoisotopic (exact) mass is 1370 g/mol. The molecule has 0 aliphatic carbocycles. The predicted molar refractivity (Wildman–Crippen MR) is 344 cm³/mol. The van der Waals surface area contributed by atoms with Gasteiger partial charge in [0, 0.05) is 41.8 Å². The number of carbonyl (C=O) groups excluding carboxylic acids is 1. The number of carbonyl (C=O) groups is 1. The van der Waals surface area contributed by atoms with Gasteiger partial charge in [0.25, 0.3) is 34.1 Å². The molecular formula is C60H83N11O26. The lowest BCUT2D eigenvalue weighted by Gasteiger charge is -2.46. The van der Waals surface area contributed by atoms with E-state index < -0.39 is 143 Å². The van der Waals surface area contributed by atoms with Crippen LogP contribution in [0.4, 0.5) is 51.2 Å². The number of nitrogens with one attached hydrogen (secondary N) is 2. The maximum Gasteiger partial charge on any atom is 0.300 e. The van der Waals surface area contributed by atoms with Crippen molar-refractivity contribution in [3.63, 3.8) is 0 Å². The van der Waals surface area contributed by atoms with Crippen LogP contribution in [0, 0.1) is 94.0 Å². The zero-order valence-corrected chi connectivity index (χ0v) is 55.1. The van der Waals surface area contributed by atoms with Crippen molar-refractivity contribution >= 4 is 68.0 Å². The van der Waals surface area contributed by atoms with Crippen LogP contribution < -0.4 is 10.6 Å². The zero-order valence-electron chi connectivity index (χ0n) is 55.1. The topological polar surface area (TPSA) is 551 Å². The molecule has 4 aromatic carbocycles. The summed E-state index contributed by atoms with van der Waals surface area (Å²) >= 11 is 0. The second kappa shape index (κ2) is 34.8. The molecule has 97 heavy (non-hydrogen) atoms. The van der Waals surface area contributed by atoms with Crippen molar-refractivity contribution in [3.8, 4) is 0 Å². The average molecular weight is 1370 g/mol. The number of non-ortho nitro benzene ring substituents is 4. The van der Waals surface area contributed by atoms with Gasteiger partial charge in [-0.15, -0.1) is 0 Å². The summed E-state index contributed by atoms with van der Waals surface area (Å²) in [5.41, 5.74) is -0.434. The van der Waals surface area contributed by atoms with E-state index in [2.05, 4.69) is 25.6 Å². The molecule has 0 saturated carbocycles. The number of hydrogen-bond donors (Lipinski definition) is 9. The quantitative estimate of drug-likeness (QED) is 0.0163. The first kappa shape index (κ1) is 80.4. The summed E-state index contributed by atoms with van der Waals surface area (Å²) in [6, 6.07) is 11.0. The minimum absolute atomic E-state index is 0.0263. The van der Waals surface area contributed by atoms with E-state index >= 15 is 0 Å². The normalized spacial score (nSPS) is 21.2. The van der Waals surface area contributed by atoms with Crippen LogP contribution in [0.25, 0.3) is 11.0 Å². The molecule has 1 aromatic heterocycles. The molecule has 5 aromatic rings. The van der Waals surface area contributed by atoms with E-state index in [9.17, 15) is 111 Å². The molecule has 2 saturated heterocycles. The lowest BCUT2D eigenvalue weighted by atomic mass is 9.84. The van der Waals surface area contributed by atoms with Crippen molar-refractivity contribution in [3.05, 3.63) is 148 Å². The molecule has 4 unspecified atom stereocenters. The number of anilines is 2. The number of aliphatic hydroxyl groups is 7. The fourth-order valence-corrected chi connectivity index (χ4v) is 10.1. The van der Waals surface area contributed by atoms with E-state index in [-0.39, 0.29) is 63.5 Å². The number of unbranched alkanes of at least 4 members (excludes halogenated alkanes) is 1. The zero-order chi connectivity index (χ0) is 73.4. The number of hydrogen-bond acceptors (Lipinski definition) is 30. The molecule has 11 atom stereocenters. The van der Waals surface area contributed by atoms with Crippen molar-refractivity contribution in [1.82, 2.24) is 10.3 Å². The number of nitro groups is 7. The molecule has 37 heteroatoms. The first-order valence-corrected chi connectivity index (χ1v) is 30.4. The molecule has 7 rings (SSSR count). The van der Waals surface area contributed by atoms with E-state index in [0.717, 1.165) is 42.3 Å². The average Bonchev–Trinajstić information content (AvgIpc) is 1.24. The third-order valence-corrected chi connectivity index (χ3v) is 15.3. The van der Waals surface area contributed by atoms with Gasteiger partial charge in [-0.3, -0.25) is 75.6 Å². The SMILES string of the molecule is CC(C)(C)C(=O)[C@H](CCCCNc1ccc([N+](=O)[O-])cc1[N+](=O)[O-])Nc1ccc([N+](=O)[O-])cc1[N+](=O)[O-].CC(C)(C)CC[C@@H]1OC(CO)[C@H](O)[C@H](O[C@@H]2OC(CO)[C@H](O)[C@H](O)C2O)C1O.CCc1ccc([N+](=O)[O-])c2nonc12.Cc1cc([N+](=O)[O-])cc([N+](=O)[O-])c1CC(C)(C)C. The number of benzene rings is 4. The van der Waals surface area contributed by atoms with Gasteiger partial charge in [-0.05, 0) is 102 Å². The van der Waals surface area contributed by atoms with Crippen molar-refractivity contribution < 1.29 is 93.8 Å². The van der Waals surface area contributed by atoms with Crippen LogP contribution in [-0.4, -0.2) is 173 Å². The van der Waals surface area contributed by atoms with Gasteiger partial charge in [-0.25, -0.2) is 4.63 Å². The molecule has 2 aliphatic rings. The van der Waals surface area contributed by atoms with E-state index in [1.165, 1.54) is 24.3 Å². The number of aryl methyl sites for hydroxylation is 2. The van der Waals surface area contributed by atoms with Gasteiger partial charge >= 0.3 is 5.69 Å². The Balaban J connectivity index is 0.000000292. The first-order valence-electron chi connectivity index (χ1n) is 30.4. The molecule has 3 heterocycles. The highest BCUT2D eigenvalue weighted by molar-refractivity contribution is 5.91. The first-order chi connectivity index (χ1) is 45.1. The number of nitro benzene ring substituents is 7. The molecule has 534 valence electrons. The number of ether oxygens (including phenoxy) is 3. The number of Topliss-reactive ketones (excluding diaryl/α,β-unsaturated/α-hetero) is 1. The standard InChI is InChI=1S/C22H26N6O9.C18H34O10.C12H16N2O4.C8H7N3O3/c1-22(2,3)21(29)18(24-17-10-8-15(26(32)33)13-20(17)28(36)37)6-4-5-11-23-16-9-7-14(25(30)31)12-19(16)27(34)35;1-18(2,3)5-4-8-12(22)16(13(23)10(7-20)26-8)28-17-15(25)14(24)11(21)9(6-19)27-17;1-8-5-9(13(15)16)6-11(14(17)18)10(8)7-12(2,3)4;1-2-5-3-4-6(11(12)13)8-7(5)9-14-10-8/h7-10,12-13,18,23-24H,4-6,11H2,1-3H3;8-17,19-25H,4-7H2,1-3H3;5-6H,7H2,1-4H3;3-4H,2H2,1H3/t18-;8-,9?,10?,11-,12?,13-,14-,15?,16+,17-;;/m00../s1. The number of fused-ring (bicyclic) bond motifs is 1. The summed E-state index contributed by atoms with van der Waals surface area (Å²) in [4.78, 5) is 85.3. The Hall–Kier alpha value is -9.05. The Morgan fingerprint density at radius 1 is 0.577 bits per heavy atom. The van der Waals surface area contributed by atoms with E-state index in [0.29, 0.717) is 48.7 Å². The fraction of sp³-hybridized carbons (Fsp3) is 0.583. The summed E-state index contributed by atoms with van der Waals surface area (Å²) in [5, 5.41) is 160. The third kappa shape index (κ3) is 22.5. The number of nitrogens with zero attached hydrogens (tertiary/aromatic N) is 9. The lowest BCUT2D eigenvalue weighted by molar-refractivity contribution is -0.394. The third-order valence-electron chi connectivity index (χ3n) is 15.3. The molecule has 0 spiro atoms. The van der Waals surface area contributed by atoms with Crippen LogP contribution in [-0.2, 0) is 31.8 Å². The molecule has 37 nitrogen and oxygen atoms in total. The van der Waals surface area contributed by atoms with Gasteiger partial charge in [0.05, 0.1) is 78.0 Å². The highest BCUT2D eigenvalue weighted by Gasteiger charge is 2.50. The smallest absolute Gasteiger partial charge is 0.300 e. The predicted octanol–water partition coefficient (Wildman–Crippen LogP) is 7.57. The summed E-state index contributed by atoms with van der Waals surface area (Å²) < 4.78 is 21.0. The highest BCUT2D eigenvalue weighted by atomic mass is 16.7. The van der Waals surface area contributed by atoms with Gasteiger partial charge in [0.2, 0.25) is 5.52 Å². The van der Waals surface area contributed by atoms with E-state index in [4.69, 9.17) is 14.2 Å². The molecule has 9 N–H and O–H groups in total. The summed E-state index contributed by atoms with van der Waals surface area (Å²) in [6.07, 6.45) is -9.72. The molecular weight excluding hydrogens is 1290 g/mol. The van der Waals surface area contributed by atoms with Crippen LogP contribution in [0.1, 0.15) is 118 Å². The Morgan fingerprint density at radius 2 is 1.08 bits per heavy atom. The molecule has 2 fully saturated rings. The Kier molecular flexibility index (Phi) is 28.8. The van der Waals surface area contributed by atoms with Gasteiger partial charge in [-0.1, -0.05) is 69.2 Å².